The van der Waals surface area contributed by atoms with Gasteiger partial charge in [0, 0.05) is 42.3 Å². The van der Waals surface area contributed by atoms with Crippen LogP contribution in [0.5, 0.6) is 0 Å². The van der Waals surface area contributed by atoms with Crippen molar-refractivity contribution < 1.29 is 0 Å². The Labute approximate surface area is 149 Å². The average Bonchev–Trinajstić information content (AvgIpc) is 2.35. The molecule has 1 aromatic rings. The van der Waals surface area contributed by atoms with Gasteiger partial charge in [0.1, 0.15) is 0 Å². The zero-order chi connectivity index (χ0) is 13.8. The first-order valence-corrected chi connectivity index (χ1v) is 7.37. The van der Waals surface area contributed by atoms with Crippen molar-refractivity contribution in [1.29, 1.82) is 0 Å². The molecule has 0 amide bonds. The van der Waals surface area contributed by atoms with E-state index in [0.29, 0.717) is 16.1 Å². The van der Waals surface area contributed by atoms with E-state index in [2.05, 4.69) is 23.7 Å². The monoisotopic (exact) mass is 370 g/mol. The molecule has 0 unspecified atom stereocenters. The van der Waals surface area contributed by atoms with Crippen molar-refractivity contribution in [2.45, 2.75) is 19.4 Å². The molecule has 0 aliphatic carbocycles. The summed E-state index contributed by atoms with van der Waals surface area (Å²) in [5.74, 6) is 0. The molecule has 2 nitrogen and oxygen atoms in total. The quantitative estimate of drug-likeness (QED) is 0.768. The summed E-state index contributed by atoms with van der Waals surface area (Å²) in [5, 5.41) is 4.78. The fourth-order valence-corrected chi connectivity index (χ4v) is 3.09. The zero-order valence-electron chi connectivity index (χ0n) is 12.1. The number of hydrogen-bond acceptors (Lipinski definition) is 2. The van der Waals surface area contributed by atoms with Crippen molar-refractivity contribution in [3.05, 3.63) is 46.0 Å². The molecular formula is C15H22Cl4N2. The third-order valence-corrected chi connectivity index (χ3v) is 3.84. The molecule has 0 spiro atoms. The molecule has 0 radical (unpaired) electrons. The molecule has 1 heterocycles. The van der Waals surface area contributed by atoms with Crippen molar-refractivity contribution in [1.82, 2.24) is 10.2 Å². The largest absolute Gasteiger partial charge is 0.314 e. The minimum absolute atomic E-state index is 0. The standard InChI is InChI=1S/C15H20Cl2N2.2ClH/c1-11(2)7-15(19-5-3-18-4-6-19)12-8-13(16)10-14(17)9-12;;/h8-10,15,18H,1,3-7H2,2H3;2*1H/t15-;;/m0../s1. The van der Waals surface area contributed by atoms with Gasteiger partial charge in [-0.15, -0.1) is 31.4 Å². The molecule has 1 atom stereocenters. The second-order valence-corrected chi connectivity index (χ2v) is 6.04. The van der Waals surface area contributed by atoms with Gasteiger partial charge in [-0.3, -0.25) is 4.90 Å². The minimum Gasteiger partial charge on any atom is -0.314 e. The van der Waals surface area contributed by atoms with Gasteiger partial charge in [-0.2, -0.15) is 0 Å². The van der Waals surface area contributed by atoms with Crippen LogP contribution < -0.4 is 5.32 Å². The molecule has 21 heavy (non-hydrogen) atoms. The van der Waals surface area contributed by atoms with Gasteiger partial charge in [-0.1, -0.05) is 28.8 Å². The van der Waals surface area contributed by atoms with E-state index in [1.165, 1.54) is 11.1 Å². The van der Waals surface area contributed by atoms with Gasteiger partial charge in [0.05, 0.1) is 0 Å². The summed E-state index contributed by atoms with van der Waals surface area (Å²) in [4.78, 5) is 2.48. The first-order chi connectivity index (χ1) is 9.06. The van der Waals surface area contributed by atoms with E-state index >= 15 is 0 Å². The van der Waals surface area contributed by atoms with Crippen LogP contribution in [0.25, 0.3) is 0 Å². The average molecular weight is 372 g/mol. The van der Waals surface area contributed by atoms with E-state index in [4.69, 9.17) is 23.2 Å². The van der Waals surface area contributed by atoms with Gasteiger partial charge in [-0.25, -0.2) is 0 Å². The molecule has 1 aromatic carbocycles. The van der Waals surface area contributed by atoms with Crippen LogP contribution in [0.2, 0.25) is 10.0 Å². The lowest BCUT2D eigenvalue weighted by atomic mass is 9.98. The van der Waals surface area contributed by atoms with E-state index in [1.54, 1.807) is 6.07 Å². The van der Waals surface area contributed by atoms with Crippen LogP contribution in [0.15, 0.2) is 30.4 Å². The first kappa shape index (κ1) is 21.0. The van der Waals surface area contributed by atoms with Crippen molar-refractivity contribution in [3.63, 3.8) is 0 Å². The zero-order valence-corrected chi connectivity index (χ0v) is 15.2. The van der Waals surface area contributed by atoms with Crippen LogP contribution in [0.4, 0.5) is 0 Å². The summed E-state index contributed by atoms with van der Waals surface area (Å²) in [6.45, 7) is 10.3. The summed E-state index contributed by atoms with van der Waals surface area (Å²) < 4.78 is 0. The molecule has 1 aliphatic rings. The number of hydrogen-bond donors (Lipinski definition) is 1. The fraction of sp³-hybridized carbons (Fsp3) is 0.467. The van der Waals surface area contributed by atoms with Gasteiger partial charge in [0.15, 0.2) is 0 Å². The molecular weight excluding hydrogens is 350 g/mol. The molecule has 0 bridgehead atoms. The molecule has 1 fully saturated rings. The van der Waals surface area contributed by atoms with Crippen molar-refractivity contribution in [2.75, 3.05) is 26.2 Å². The van der Waals surface area contributed by atoms with Gasteiger partial charge in [-0.05, 0) is 37.1 Å². The third-order valence-electron chi connectivity index (χ3n) is 3.40. The van der Waals surface area contributed by atoms with Gasteiger partial charge < -0.3 is 5.32 Å². The Hall–Kier alpha value is 0.0400. The number of halogens is 4. The Morgan fingerprint density at radius 1 is 1.19 bits per heavy atom. The number of nitrogens with zero attached hydrogens (tertiary/aromatic N) is 1. The highest BCUT2D eigenvalue weighted by Crippen LogP contribution is 2.31. The lowest BCUT2D eigenvalue weighted by Crippen LogP contribution is -2.45. The Morgan fingerprint density at radius 2 is 1.71 bits per heavy atom. The highest BCUT2D eigenvalue weighted by molar-refractivity contribution is 6.34. The van der Waals surface area contributed by atoms with Crippen molar-refractivity contribution in [2.24, 2.45) is 0 Å². The summed E-state index contributed by atoms with van der Waals surface area (Å²) in [5.41, 5.74) is 2.36. The summed E-state index contributed by atoms with van der Waals surface area (Å²) in [7, 11) is 0. The molecule has 6 heteroatoms. The van der Waals surface area contributed by atoms with Crippen LogP contribution in [-0.2, 0) is 0 Å². The van der Waals surface area contributed by atoms with Crippen LogP contribution in [-0.4, -0.2) is 31.1 Å². The van der Waals surface area contributed by atoms with Gasteiger partial charge >= 0.3 is 0 Å². The van der Waals surface area contributed by atoms with E-state index in [-0.39, 0.29) is 24.8 Å². The second-order valence-electron chi connectivity index (χ2n) is 5.17. The molecule has 0 saturated carbocycles. The second kappa shape index (κ2) is 9.94. The highest BCUT2D eigenvalue weighted by Gasteiger charge is 2.22. The molecule has 1 N–H and O–H groups in total. The van der Waals surface area contributed by atoms with Crippen LogP contribution in [0.3, 0.4) is 0 Å². The highest BCUT2D eigenvalue weighted by atomic mass is 35.5. The Balaban J connectivity index is 0.00000200. The molecule has 1 saturated heterocycles. The summed E-state index contributed by atoms with van der Waals surface area (Å²) in [6, 6.07) is 6.13. The van der Waals surface area contributed by atoms with Crippen molar-refractivity contribution in [3.8, 4) is 0 Å². The SMILES string of the molecule is C=C(C)C[C@@H](c1cc(Cl)cc(Cl)c1)N1CCNCC1.Cl.Cl. The number of benzene rings is 1. The molecule has 1 aliphatic heterocycles. The van der Waals surface area contributed by atoms with Crippen LogP contribution >= 0.6 is 48.0 Å². The van der Waals surface area contributed by atoms with Crippen LogP contribution in [0, 0.1) is 0 Å². The maximum atomic E-state index is 6.13. The lowest BCUT2D eigenvalue weighted by Gasteiger charge is -2.35. The van der Waals surface area contributed by atoms with E-state index in [1.807, 2.05) is 12.1 Å². The number of rotatable bonds is 4. The van der Waals surface area contributed by atoms with Crippen molar-refractivity contribution >= 4 is 48.0 Å². The van der Waals surface area contributed by atoms with E-state index < -0.39 is 0 Å². The molecule has 2 rings (SSSR count). The maximum absolute atomic E-state index is 6.13. The summed E-state index contributed by atoms with van der Waals surface area (Å²) >= 11 is 12.3. The molecule has 0 aromatic heterocycles. The number of nitrogens with one attached hydrogen (secondary N) is 1. The lowest BCUT2D eigenvalue weighted by molar-refractivity contribution is 0.172. The predicted octanol–water partition coefficient (Wildman–Crippen LogP) is 4.75. The minimum atomic E-state index is 0. The van der Waals surface area contributed by atoms with Crippen LogP contribution in [0.1, 0.15) is 24.9 Å². The van der Waals surface area contributed by atoms with Gasteiger partial charge in [0.25, 0.3) is 0 Å². The normalized spacial score (nSPS) is 16.5. The maximum Gasteiger partial charge on any atom is 0.0424 e. The third kappa shape index (κ3) is 6.35. The Kier molecular flexibility index (Phi) is 9.96. The Bertz CT molecular complexity index is 439. The molecule has 120 valence electrons. The van der Waals surface area contributed by atoms with Gasteiger partial charge in [0.2, 0.25) is 0 Å². The Morgan fingerprint density at radius 3 is 2.19 bits per heavy atom. The van der Waals surface area contributed by atoms with E-state index in [9.17, 15) is 0 Å². The topological polar surface area (TPSA) is 15.3 Å². The fourth-order valence-electron chi connectivity index (χ4n) is 2.55. The predicted molar refractivity (Wildman–Crippen MR) is 97.6 cm³/mol. The van der Waals surface area contributed by atoms with E-state index in [0.717, 1.165) is 32.6 Å². The number of piperazine rings is 1. The first-order valence-electron chi connectivity index (χ1n) is 6.61. The smallest absolute Gasteiger partial charge is 0.0424 e. The summed E-state index contributed by atoms with van der Waals surface area (Å²) in [6.07, 6.45) is 0.941.